The summed E-state index contributed by atoms with van der Waals surface area (Å²) in [6.45, 7) is 3.66. The van der Waals surface area contributed by atoms with Gasteiger partial charge in [-0.3, -0.25) is 14.9 Å². The van der Waals surface area contributed by atoms with Crippen LogP contribution in [0.3, 0.4) is 0 Å². The molecule has 1 saturated heterocycles. The molecule has 1 heterocycles. The summed E-state index contributed by atoms with van der Waals surface area (Å²) in [6, 6.07) is 10.8. The topological polar surface area (TPSA) is 78.5 Å². The second kappa shape index (κ2) is 6.97. The Morgan fingerprint density at radius 1 is 1.12 bits per heavy atom. The lowest BCUT2D eigenvalue weighted by molar-refractivity contribution is -0.132. The maximum Gasteiger partial charge on any atom is 0.335 e. The molecule has 0 aliphatic carbocycles. The standard InChI is InChI=1S/C18H13ClFN3O3/c1-10(21-14-5-3-2-4-13(14)20)15-16(24)22-18(26)23(17(15)25)12-8-6-11(19)7-9-12/h2-9,15,21H,1H2,(H,22,24,26)/t15-/m0/s1. The molecule has 6 nitrogen and oxygen atoms in total. The summed E-state index contributed by atoms with van der Waals surface area (Å²) >= 11 is 5.81. The predicted octanol–water partition coefficient (Wildman–Crippen LogP) is 3.30. The van der Waals surface area contributed by atoms with E-state index in [-0.39, 0.29) is 17.1 Å². The number of benzene rings is 2. The molecule has 0 bridgehead atoms. The van der Waals surface area contributed by atoms with Crippen molar-refractivity contribution >= 4 is 40.8 Å². The zero-order chi connectivity index (χ0) is 18.8. The summed E-state index contributed by atoms with van der Waals surface area (Å²) in [5.74, 6) is -3.60. The van der Waals surface area contributed by atoms with Gasteiger partial charge < -0.3 is 5.32 Å². The number of urea groups is 1. The lowest BCUT2D eigenvalue weighted by Crippen LogP contribution is -2.59. The Morgan fingerprint density at radius 3 is 2.42 bits per heavy atom. The number of rotatable bonds is 4. The maximum absolute atomic E-state index is 13.8. The highest BCUT2D eigenvalue weighted by Crippen LogP contribution is 2.26. The molecule has 0 unspecified atom stereocenters. The largest absolute Gasteiger partial charge is 0.356 e. The van der Waals surface area contributed by atoms with Crippen molar-refractivity contribution in [3.05, 3.63) is 71.6 Å². The van der Waals surface area contributed by atoms with Gasteiger partial charge in [0, 0.05) is 10.7 Å². The van der Waals surface area contributed by atoms with Gasteiger partial charge in [0.15, 0.2) is 5.92 Å². The van der Waals surface area contributed by atoms with E-state index < -0.39 is 29.6 Å². The number of nitrogens with zero attached hydrogens (tertiary/aromatic N) is 1. The van der Waals surface area contributed by atoms with E-state index in [4.69, 9.17) is 11.6 Å². The molecule has 2 N–H and O–H groups in total. The quantitative estimate of drug-likeness (QED) is 0.806. The smallest absolute Gasteiger partial charge is 0.335 e. The summed E-state index contributed by atoms with van der Waals surface area (Å²) in [5, 5.41) is 5.16. The van der Waals surface area contributed by atoms with E-state index in [1.807, 2.05) is 0 Å². The van der Waals surface area contributed by atoms with Crippen LogP contribution in [0.2, 0.25) is 5.02 Å². The summed E-state index contributed by atoms with van der Waals surface area (Å²) in [7, 11) is 0. The van der Waals surface area contributed by atoms with Crippen molar-refractivity contribution in [3.63, 3.8) is 0 Å². The monoisotopic (exact) mass is 373 g/mol. The highest BCUT2D eigenvalue weighted by molar-refractivity contribution is 6.31. The molecule has 4 amide bonds. The third kappa shape index (κ3) is 3.29. The van der Waals surface area contributed by atoms with Crippen molar-refractivity contribution in [1.82, 2.24) is 5.32 Å². The molecule has 2 aromatic carbocycles. The minimum Gasteiger partial charge on any atom is -0.356 e. The minimum absolute atomic E-state index is 0.0518. The molecule has 2 aromatic rings. The zero-order valence-electron chi connectivity index (χ0n) is 13.3. The van der Waals surface area contributed by atoms with Crippen LogP contribution in [-0.4, -0.2) is 17.8 Å². The zero-order valence-corrected chi connectivity index (χ0v) is 14.1. The van der Waals surface area contributed by atoms with Crippen molar-refractivity contribution < 1.29 is 18.8 Å². The second-order valence-electron chi connectivity index (χ2n) is 5.51. The number of carbonyl (C=O) groups excluding carboxylic acids is 3. The van der Waals surface area contributed by atoms with Crippen LogP contribution >= 0.6 is 11.6 Å². The average molecular weight is 374 g/mol. The third-order valence-electron chi connectivity index (χ3n) is 3.77. The first-order valence-electron chi connectivity index (χ1n) is 7.53. The van der Waals surface area contributed by atoms with E-state index in [0.29, 0.717) is 5.02 Å². The highest BCUT2D eigenvalue weighted by atomic mass is 35.5. The lowest BCUT2D eigenvalue weighted by atomic mass is 10.0. The van der Waals surface area contributed by atoms with Gasteiger partial charge in [0.1, 0.15) is 5.82 Å². The molecule has 8 heteroatoms. The minimum atomic E-state index is -1.40. The van der Waals surface area contributed by atoms with Gasteiger partial charge in [0.2, 0.25) is 5.91 Å². The number of hydrogen-bond acceptors (Lipinski definition) is 4. The molecule has 0 saturated carbocycles. The predicted molar refractivity (Wildman–Crippen MR) is 95.1 cm³/mol. The van der Waals surface area contributed by atoms with Gasteiger partial charge in [-0.1, -0.05) is 30.3 Å². The van der Waals surface area contributed by atoms with E-state index in [2.05, 4.69) is 17.2 Å². The van der Waals surface area contributed by atoms with Crippen molar-refractivity contribution in [3.8, 4) is 0 Å². The summed E-state index contributed by atoms with van der Waals surface area (Å²) in [6.07, 6.45) is 0. The normalized spacial score (nSPS) is 17.1. The van der Waals surface area contributed by atoms with Crippen molar-refractivity contribution in [2.45, 2.75) is 0 Å². The molecule has 0 radical (unpaired) electrons. The molecule has 3 rings (SSSR count). The van der Waals surface area contributed by atoms with Crippen molar-refractivity contribution in [2.75, 3.05) is 10.2 Å². The van der Waals surface area contributed by atoms with E-state index in [1.54, 1.807) is 6.07 Å². The molecule has 0 aromatic heterocycles. The van der Waals surface area contributed by atoms with E-state index in [0.717, 1.165) is 4.90 Å². The highest BCUT2D eigenvalue weighted by Gasteiger charge is 2.43. The van der Waals surface area contributed by atoms with Crippen molar-refractivity contribution in [1.29, 1.82) is 0 Å². The number of anilines is 2. The van der Waals surface area contributed by atoms with Crippen LogP contribution < -0.4 is 15.5 Å². The van der Waals surface area contributed by atoms with E-state index in [1.165, 1.54) is 42.5 Å². The van der Waals surface area contributed by atoms with Crippen LogP contribution in [0.5, 0.6) is 0 Å². The number of amides is 4. The Hall–Kier alpha value is -3.19. The molecule has 1 fully saturated rings. The Labute approximate surface area is 153 Å². The molecule has 26 heavy (non-hydrogen) atoms. The number of hydrogen-bond donors (Lipinski definition) is 2. The van der Waals surface area contributed by atoms with Crippen LogP contribution in [-0.2, 0) is 9.59 Å². The van der Waals surface area contributed by atoms with Gasteiger partial charge in [-0.05, 0) is 36.4 Å². The van der Waals surface area contributed by atoms with Crippen LogP contribution in [0, 0.1) is 11.7 Å². The first kappa shape index (κ1) is 17.6. The number of nitrogens with one attached hydrogen (secondary N) is 2. The van der Waals surface area contributed by atoms with Gasteiger partial charge in [0.25, 0.3) is 5.91 Å². The van der Waals surface area contributed by atoms with E-state index >= 15 is 0 Å². The van der Waals surface area contributed by atoms with Gasteiger partial charge in [0.05, 0.1) is 11.4 Å². The Bertz CT molecular complexity index is 914. The summed E-state index contributed by atoms with van der Waals surface area (Å²) < 4.78 is 13.8. The second-order valence-corrected chi connectivity index (χ2v) is 5.94. The first-order chi connectivity index (χ1) is 12.4. The Kier molecular flexibility index (Phi) is 4.73. The fourth-order valence-electron chi connectivity index (χ4n) is 2.52. The van der Waals surface area contributed by atoms with Crippen LogP contribution in [0.4, 0.5) is 20.6 Å². The Balaban J connectivity index is 1.88. The third-order valence-corrected chi connectivity index (χ3v) is 4.02. The fourth-order valence-corrected chi connectivity index (χ4v) is 2.65. The maximum atomic E-state index is 13.8. The molecular formula is C18H13ClFN3O3. The van der Waals surface area contributed by atoms with Crippen molar-refractivity contribution in [2.24, 2.45) is 5.92 Å². The SMILES string of the molecule is C=C(Nc1ccccc1F)[C@H]1C(=O)NC(=O)N(c2ccc(Cl)cc2)C1=O. The van der Waals surface area contributed by atoms with Crippen LogP contribution in [0.25, 0.3) is 0 Å². The fraction of sp³-hybridized carbons (Fsp3) is 0.0556. The molecule has 1 aliphatic rings. The van der Waals surface area contributed by atoms with Gasteiger partial charge in [-0.2, -0.15) is 0 Å². The Morgan fingerprint density at radius 2 is 1.77 bits per heavy atom. The number of barbiturate groups is 1. The average Bonchev–Trinajstić information content (AvgIpc) is 2.58. The number of carbonyl (C=O) groups is 3. The van der Waals surface area contributed by atoms with Crippen LogP contribution in [0.15, 0.2) is 60.8 Å². The molecule has 132 valence electrons. The molecule has 1 atom stereocenters. The van der Waals surface area contributed by atoms with Crippen LogP contribution in [0.1, 0.15) is 0 Å². The van der Waals surface area contributed by atoms with Gasteiger partial charge in [-0.25, -0.2) is 14.1 Å². The lowest BCUT2D eigenvalue weighted by Gasteiger charge is -2.31. The first-order valence-corrected chi connectivity index (χ1v) is 7.91. The number of imide groups is 2. The van der Waals surface area contributed by atoms with Gasteiger partial charge in [-0.15, -0.1) is 0 Å². The molecule has 0 spiro atoms. The number of para-hydroxylation sites is 1. The van der Waals surface area contributed by atoms with Gasteiger partial charge >= 0.3 is 6.03 Å². The number of halogens is 2. The molecule has 1 aliphatic heterocycles. The molecular weight excluding hydrogens is 361 g/mol. The van der Waals surface area contributed by atoms with E-state index in [9.17, 15) is 18.8 Å². The summed E-state index contributed by atoms with van der Waals surface area (Å²) in [4.78, 5) is 37.9. The summed E-state index contributed by atoms with van der Waals surface area (Å²) in [5.41, 5.74) is 0.255.